The van der Waals surface area contributed by atoms with Gasteiger partial charge in [0.2, 0.25) is 0 Å². The summed E-state index contributed by atoms with van der Waals surface area (Å²) in [6, 6.07) is 4.29. The SMILES string of the molecule is Cc1nc(C)c(N)c(-c2cc(Cl)ccc2F)n1. The lowest BCUT2D eigenvalue weighted by molar-refractivity contribution is 0.630. The summed E-state index contributed by atoms with van der Waals surface area (Å²) in [6.45, 7) is 3.49. The summed E-state index contributed by atoms with van der Waals surface area (Å²) in [7, 11) is 0. The van der Waals surface area contributed by atoms with E-state index < -0.39 is 5.82 Å². The average molecular weight is 252 g/mol. The molecule has 0 aliphatic carbocycles. The van der Waals surface area contributed by atoms with E-state index in [4.69, 9.17) is 17.3 Å². The number of nitrogens with zero attached hydrogens (tertiary/aromatic N) is 2. The van der Waals surface area contributed by atoms with Crippen LogP contribution in [0.5, 0.6) is 0 Å². The molecule has 0 aliphatic rings. The van der Waals surface area contributed by atoms with E-state index in [0.29, 0.717) is 33.5 Å². The van der Waals surface area contributed by atoms with Crippen molar-refractivity contribution in [1.82, 2.24) is 9.97 Å². The van der Waals surface area contributed by atoms with Gasteiger partial charge in [0, 0.05) is 10.6 Å². The largest absolute Gasteiger partial charge is 0.395 e. The van der Waals surface area contributed by atoms with Gasteiger partial charge in [-0.25, -0.2) is 14.4 Å². The minimum atomic E-state index is -0.404. The van der Waals surface area contributed by atoms with Crippen LogP contribution in [-0.2, 0) is 0 Å². The molecule has 2 aromatic rings. The fourth-order valence-corrected chi connectivity index (χ4v) is 1.78. The van der Waals surface area contributed by atoms with Gasteiger partial charge in [-0.05, 0) is 32.0 Å². The van der Waals surface area contributed by atoms with Gasteiger partial charge in [-0.3, -0.25) is 0 Å². The van der Waals surface area contributed by atoms with Crippen molar-refractivity contribution in [2.75, 3.05) is 5.73 Å². The maximum absolute atomic E-state index is 13.7. The molecule has 1 aromatic carbocycles. The Labute approximate surface area is 103 Å². The van der Waals surface area contributed by atoms with Gasteiger partial charge in [-0.2, -0.15) is 0 Å². The number of aryl methyl sites for hydroxylation is 2. The van der Waals surface area contributed by atoms with E-state index in [0.717, 1.165) is 0 Å². The quantitative estimate of drug-likeness (QED) is 0.847. The number of hydrogen-bond acceptors (Lipinski definition) is 3. The number of halogens is 2. The molecular weight excluding hydrogens is 241 g/mol. The van der Waals surface area contributed by atoms with Crippen molar-refractivity contribution >= 4 is 17.3 Å². The van der Waals surface area contributed by atoms with E-state index >= 15 is 0 Å². The zero-order chi connectivity index (χ0) is 12.6. The molecule has 1 heterocycles. The van der Waals surface area contributed by atoms with Crippen LogP contribution in [0.2, 0.25) is 5.02 Å². The molecule has 0 saturated heterocycles. The molecule has 2 rings (SSSR count). The first kappa shape index (κ1) is 11.8. The summed E-state index contributed by atoms with van der Waals surface area (Å²) in [4.78, 5) is 8.29. The van der Waals surface area contributed by atoms with Crippen LogP contribution in [0.3, 0.4) is 0 Å². The Balaban J connectivity index is 2.72. The van der Waals surface area contributed by atoms with Crippen LogP contribution in [0.4, 0.5) is 10.1 Å². The Kier molecular flexibility index (Phi) is 2.98. The van der Waals surface area contributed by atoms with Crippen molar-refractivity contribution in [2.24, 2.45) is 0 Å². The lowest BCUT2D eigenvalue weighted by atomic mass is 10.1. The highest BCUT2D eigenvalue weighted by molar-refractivity contribution is 6.30. The number of benzene rings is 1. The maximum atomic E-state index is 13.7. The van der Waals surface area contributed by atoms with Crippen LogP contribution in [0.25, 0.3) is 11.3 Å². The third kappa shape index (κ3) is 2.22. The van der Waals surface area contributed by atoms with E-state index in [1.807, 2.05) is 0 Å². The molecule has 0 aliphatic heterocycles. The van der Waals surface area contributed by atoms with E-state index in [1.165, 1.54) is 18.2 Å². The van der Waals surface area contributed by atoms with Gasteiger partial charge in [0.1, 0.15) is 17.3 Å². The first-order valence-electron chi connectivity index (χ1n) is 5.05. The zero-order valence-electron chi connectivity index (χ0n) is 9.46. The summed E-state index contributed by atoms with van der Waals surface area (Å²) in [5.41, 5.74) is 7.55. The van der Waals surface area contributed by atoms with Gasteiger partial charge in [-0.15, -0.1) is 0 Å². The number of nitrogens with two attached hydrogens (primary N) is 1. The maximum Gasteiger partial charge on any atom is 0.132 e. The second-order valence-electron chi connectivity index (χ2n) is 3.74. The Morgan fingerprint density at radius 2 is 1.94 bits per heavy atom. The molecule has 0 unspecified atom stereocenters. The lowest BCUT2D eigenvalue weighted by Gasteiger charge is -2.09. The predicted molar refractivity (Wildman–Crippen MR) is 66.3 cm³/mol. The van der Waals surface area contributed by atoms with Gasteiger partial charge < -0.3 is 5.73 Å². The smallest absolute Gasteiger partial charge is 0.132 e. The van der Waals surface area contributed by atoms with Crippen LogP contribution in [0.15, 0.2) is 18.2 Å². The van der Waals surface area contributed by atoms with Crippen LogP contribution in [0, 0.1) is 19.7 Å². The summed E-state index contributed by atoms with van der Waals surface area (Å²) in [5.74, 6) is 0.143. The zero-order valence-corrected chi connectivity index (χ0v) is 10.2. The molecule has 3 nitrogen and oxygen atoms in total. The molecule has 1 aromatic heterocycles. The molecule has 17 heavy (non-hydrogen) atoms. The summed E-state index contributed by atoms with van der Waals surface area (Å²) in [6.07, 6.45) is 0. The monoisotopic (exact) mass is 251 g/mol. The molecule has 0 fully saturated rings. The molecule has 88 valence electrons. The van der Waals surface area contributed by atoms with Crippen LogP contribution in [0.1, 0.15) is 11.5 Å². The number of rotatable bonds is 1. The first-order valence-corrected chi connectivity index (χ1v) is 5.43. The highest BCUT2D eigenvalue weighted by Crippen LogP contribution is 2.29. The van der Waals surface area contributed by atoms with Crippen molar-refractivity contribution in [3.63, 3.8) is 0 Å². The first-order chi connectivity index (χ1) is 7.99. The average Bonchev–Trinajstić information content (AvgIpc) is 2.27. The molecule has 0 atom stereocenters. The van der Waals surface area contributed by atoms with Gasteiger partial charge in [0.05, 0.1) is 11.4 Å². The third-order valence-corrected chi connectivity index (χ3v) is 2.67. The normalized spacial score (nSPS) is 10.6. The number of anilines is 1. The lowest BCUT2D eigenvalue weighted by Crippen LogP contribution is -2.03. The van der Waals surface area contributed by atoms with E-state index in [-0.39, 0.29) is 0 Å². The molecule has 0 saturated carbocycles. The summed E-state index contributed by atoms with van der Waals surface area (Å²) >= 11 is 5.85. The van der Waals surface area contributed by atoms with E-state index in [1.54, 1.807) is 13.8 Å². The van der Waals surface area contributed by atoms with Crippen molar-refractivity contribution in [3.05, 3.63) is 40.6 Å². The second-order valence-corrected chi connectivity index (χ2v) is 4.18. The number of aromatic nitrogens is 2. The van der Waals surface area contributed by atoms with Crippen LogP contribution >= 0.6 is 11.6 Å². The van der Waals surface area contributed by atoms with Crippen molar-refractivity contribution < 1.29 is 4.39 Å². The third-order valence-electron chi connectivity index (χ3n) is 2.43. The van der Waals surface area contributed by atoms with E-state index in [2.05, 4.69) is 9.97 Å². The molecule has 2 N–H and O–H groups in total. The Bertz CT molecular complexity index is 584. The van der Waals surface area contributed by atoms with Gasteiger partial charge in [0.15, 0.2) is 0 Å². The summed E-state index contributed by atoms with van der Waals surface area (Å²) < 4.78 is 13.7. The van der Waals surface area contributed by atoms with Crippen molar-refractivity contribution in [3.8, 4) is 11.3 Å². The van der Waals surface area contributed by atoms with Crippen molar-refractivity contribution in [1.29, 1.82) is 0 Å². The number of nitrogen functional groups attached to an aromatic ring is 1. The van der Waals surface area contributed by atoms with E-state index in [9.17, 15) is 4.39 Å². The standard InChI is InChI=1S/C12H11ClFN3/c1-6-11(15)12(17-7(2)16-6)9-5-8(13)3-4-10(9)14/h3-5H,15H2,1-2H3. The molecule has 0 radical (unpaired) electrons. The predicted octanol–water partition coefficient (Wildman–Crippen LogP) is 3.14. The van der Waals surface area contributed by atoms with Gasteiger partial charge in [0.25, 0.3) is 0 Å². The van der Waals surface area contributed by atoms with Crippen LogP contribution < -0.4 is 5.73 Å². The molecule has 0 amide bonds. The van der Waals surface area contributed by atoms with Gasteiger partial charge in [-0.1, -0.05) is 11.6 Å². The van der Waals surface area contributed by atoms with Crippen LogP contribution in [-0.4, -0.2) is 9.97 Å². The van der Waals surface area contributed by atoms with Crippen molar-refractivity contribution in [2.45, 2.75) is 13.8 Å². The Morgan fingerprint density at radius 1 is 1.24 bits per heavy atom. The Morgan fingerprint density at radius 3 is 2.65 bits per heavy atom. The molecular formula is C12H11ClFN3. The second kappa shape index (κ2) is 4.30. The molecule has 0 bridgehead atoms. The highest BCUT2D eigenvalue weighted by atomic mass is 35.5. The highest BCUT2D eigenvalue weighted by Gasteiger charge is 2.13. The fourth-order valence-electron chi connectivity index (χ4n) is 1.61. The minimum Gasteiger partial charge on any atom is -0.395 e. The topological polar surface area (TPSA) is 51.8 Å². The summed E-state index contributed by atoms with van der Waals surface area (Å²) in [5, 5.41) is 0.440. The minimum absolute atomic E-state index is 0.295. The fraction of sp³-hybridized carbons (Fsp3) is 0.167. The number of hydrogen-bond donors (Lipinski definition) is 1. The molecule has 5 heteroatoms. The molecule has 0 spiro atoms. The van der Waals surface area contributed by atoms with Gasteiger partial charge >= 0.3 is 0 Å². The Hall–Kier alpha value is -1.68.